The van der Waals surface area contributed by atoms with Gasteiger partial charge in [0.1, 0.15) is 0 Å². The average molecular weight is 366 g/mol. The number of amides is 1. The van der Waals surface area contributed by atoms with Crippen molar-refractivity contribution < 1.29 is 13.6 Å². The molecule has 0 fully saturated rings. The van der Waals surface area contributed by atoms with Gasteiger partial charge in [0, 0.05) is 21.8 Å². The Morgan fingerprint density at radius 3 is 2.54 bits per heavy atom. The van der Waals surface area contributed by atoms with Crippen molar-refractivity contribution in [2.45, 2.75) is 0 Å². The largest absolute Gasteiger partial charge is 0.459 e. The number of nitrogens with one attached hydrogen (secondary N) is 1. The normalized spacial score (nSPS) is 10.7. The van der Waals surface area contributed by atoms with Gasteiger partial charge in [-0.25, -0.2) is 0 Å². The van der Waals surface area contributed by atoms with Crippen molar-refractivity contribution in [3.63, 3.8) is 0 Å². The van der Waals surface area contributed by atoms with Gasteiger partial charge in [0.2, 0.25) is 5.89 Å². The van der Waals surface area contributed by atoms with Crippen LogP contribution in [0.2, 0.25) is 5.02 Å². The topological polar surface area (TPSA) is 81.2 Å². The summed E-state index contributed by atoms with van der Waals surface area (Å²) in [6, 6.07) is 17.3. The van der Waals surface area contributed by atoms with Gasteiger partial charge in [0.15, 0.2) is 5.76 Å². The Morgan fingerprint density at radius 2 is 1.77 bits per heavy atom. The molecule has 4 aromatic rings. The number of halogens is 1. The molecular formula is C19H12ClN3O3. The summed E-state index contributed by atoms with van der Waals surface area (Å²) < 4.78 is 10.9. The molecule has 0 saturated heterocycles. The molecule has 7 heteroatoms. The Hall–Kier alpha value is -3.38. The molecule has 0 aliphatic rings. The first kappa shape index (κ1) is 16.1. The predicted octanol–water partition coefficient (Wildman–Crippen LogP) is 4.90. The van der Waals surface area contributed by atoms with Crippen LogP contribution in [0.3, 0.4) is 0 Å². The lowest BCUT2D eigenvalue weighted by Gasteiger charge is -2.06. The highest BCUT2D eigenvalue weighted by Gasteiger charge is 2.13. The smallest absolute Gasteiger partial charge is 0.283 e. The SMILES string of the molecule is O=C(Nc1cccc(-c2nnc(-c3ccco3)o2)c1)c1ccc(Cl)cc1. The van der Waals surface area contributed by atoms with Crippen LogP contribution in [-0.2, 0) is 0 Å². The number of furan rings is 1. The van der Waals surface area contributed by atoms with E-state index in [1.54, 1.807) is 54.6 Å². The highest BCUT2D eigenvalue weighted by atomic mass is 35.5. The minimum absolute atomic E-state index is 0.236. The van der Waals surface area contributed by atoms with Crippen LogP contribution in [0.4, 0.5) is 5.69 Å². The Morgan fingerprint density at radius 1 is 0.962 bits per heavy atom. The molecule has 0 atom stereocenters. The van der Waals surface area contributed by atoms with Crippen LogP contribution in [0, 0.1) is 0 Å². The van der Waals surface area contributed by atoms with Crippen LogP contribution in [0.1, 0.15) is 10.4 Å². The van der Waals surface area contributed by atoms with Crippen LogP contribution in [-0.4, -0.2) is 16.1 Å². The maximum Gasteiger partial charge on any atom is 0.283 e. The van der Waals surface area contributed by atoms with E-state index in [0.29, 0.717) is 39.4 Å². The molecule has 0 aliphatic carbocycles. The third-order valence-electron chi connectivity index (χ3n) is 3.63. The van der Waals surface area contributed by atoms with Gasteiger partial charge in [-0.15, -0.1) is 10.2 Å². The molecule has 2 aromatic carbocycles. The zero-order valence-electron chi connectivity index (χ0n) is 13.3. The molecule has 6 nitrogen and oxygen atoms in total. The van der Waals surface area contributed by atoms with Crippen LogP contribution in [0.15, 0.2) is 75.8 Å². The minimum atomic E-state index is -0.236. The molecule has 2 aromatic heterocycles. The van der Waals surface area contributed by atoms with Crippen molar-refractivity contribution in [3.8, 4) is 23.1 Å². The van der Waals surface area contributed by atoms with Crippen molar-refractivity contribution in [3.05, 3.63) is 77.5 Å². The Kier molecular flexibility index (Phi) is 4.25. The number of nitrogens with zero attached hydrogens (tertiary/aromatic N) is 2. The molecule has 128 valence electrons. The third-order valence-corrected chi connectivity index (χ3v) is 3.88. The second-order valence-corrected chi connectivity index (χ2v) is 5.87. The van der Waals surface area contributed by atoms with Gasteiger partial charge in [-0.05, 0) is 54.6 Å². The minimum Gasteiger partial charge on any atom is -0.459 e. The van der Waals surface area contributed by atoms with Crippen molar-refractivity contribution in [1.29, 1.82) is 0 Å². The van der Waals surface area contributed by atoms with Gasteiger partial charge >= 0.3 is 0 Å². The third kappa shape index (κ3) is 3.36. The number of benzene rings is 2. The zero-order valence-corrected chi connectivity index (χ0v) is 14.1. The number of carbonyl (C=O) groups excluding carboxylic acids is 1. The van der Waals surface area contributed by atoms with Crippen molar-refractivity contribution in [1.82, 2.24) is 10.2 Å². The summed E-state index contributed by atoms with van der Waals surface area (Å²) in [5.41, 5.74) is 1.81. The molecule has 26 heavy (non-hydrogen) atoms. The Balaban J connectivity index is 1.55. The molecule has 0 unspecified atom stereocenters. The highest BCUT2D eigenvalue weighted by Crippen LogP contribution is 2.26. The number of rotatable bonds is 4. The van der Waals surface area contributed by atoms with Crippen LogP contribution >= 0.6 is 11.6 Å². The van der Waals surface area contributed by atoms with E-state index in [0.717, 1.165) is 0 Å². The summed E-state index contributed by atoms with van der Waals surface area (Å²) in [5.74, 6) is 0.885. The highest BCUT2D eigenvalue weighted by molar-refractivity contribution is 6.30. The summed E-state index contributed by atoms with van der Waals surface area (Å²) in [6.45, 7) is 0. The number of hydrogen-bond acceptors (Lipinski definition) is 5. The molecule has 0 radical (unpaired) electrons. The van der Waals surface area contributed by atoms with E-state index in [1.165, 1.54) is 6.26 Å². The van der Waals surface area contributed by atoms with E-state index >= 15 is 0 Å². The van der Waals surface area contributed by atoms with Crippen LogP contribution in [0.25, 0.3) is 23.1 Å². The van der Waals surface area contributed by atoms with Gasteiger partial charge < -0.3 is 14.2 Å². The maximum atomic E-state index is 12.3. The van der Waals surface area contributed by atoms with Gasteiger partial charge in [-0.3, -0.25) is 4.79 Å². The van der Waals surface area contributed by atoms with Gasteiger partial charge in [0.05, 0.1) is 6.26 Å². The molecule has 0 saturated carbocycles. The molecule has 0 bridgehead atoms. The van der Waals surface area contributed by atoms with E-state index in [4.69, 9.17) is 20.4 Å². The first-order valence-electron chi connectivity index (χ1n) is 7.74. The van der Waals surface area contributed by atoms with E-state index in [2.05, 4.69) is 15.5 Å². The second-order valence-electron chi connectivity index (χ2n) is 5.43. The fourth-order valence-electron chi connectivity index (χ4n) is 2.37. The fourth-order valence-corrected chi connectivity index (χ4v) is 2.50. The standard InChI is InChI=1S/C19H12ClN3O3/c20-14-8-6-12(7-9-14)17(24)21-15-4-1-3-13(11-15)18-22-23-19(26-18)16-5-2-10-25-16/h1-11H,(H,21,24). The second kappa shape index (κ2) is 6.85. The van der Waals surface area contributed by atoms with Crippen LogP contribution in [0.5, 0.6) is 0 Å². The lowest BCUT2D eigenvalue weighted by atomic mass is 10.1. The quantitative estimate of drug-likeness (QED) is 0.556. The first-order chi connectivity index (χ1) is 12.7. The van der Waals surface area contributed by atoms with Crippen molar-refractivity contribution in [2.24, 2.45) is 0 Å². The maximum absolute atomic E-state index is 12.3. The lowest BCUT2D eigenvalue weighted by Crippen LogP contribution is -2.11. The Bertz CT molecular complexity index is 1040. The summed E-state index contributed by atoms with van der Waals surface area (Å²) in [7, 11) is 0. The predicted molar refractivity (Wildman–Crippen MR) is 96.8 cm³/mol. The van der Waals surface area contributed by atoms with E-state index in [9.17, 15) is 4.79 Å². The van der Waals surface area contributed by atoms with Gasteiger partial charge in [-0.2, -0.15) is 0 Å². The van der Waals surface area contributed by atoms with Crippen molar-refractivity contribution >= 4 is 23.2 Å². The molecular weight excluding hydrogens is 354 g/mol. The fraction of sp³-hybridized carbons (Fsp3) is 0. The molecule has 2 heterocycles. The summed E-state index contributed by atoms with van der Waals surface area (Å²) in [5, 5.41) is 11.4. The molecule has 0 spiro atoms. The van der Waals surface area contributed by atoms with Gasteiger partial charge in [0.25, 0.3) is 11.8 Å². The number of aromatic nitrogens is 2. The number of carbonyl (C=O) groups is 1. The van der Waals surface area contributed by atoms with Gasteiger partial charge in [-0.1, -0.05) is 17.7 Å². The number of anilines is 1. The summed E-state index contributed by atoms with van der Waals surface area (Å²) >= 11 is 5.84. The zero-order chi connectivity index (χ0) is 17.9. The summed E-state index contributed by atoms with van der Waals surface area (Å²) in [4.78, 5) is 12.3. The van der Waals surface area contributed by atoms with E-state index in [1.807, 2.05) is 6.07 Å². The summed E-state index contributed by atoms with van der Waals surface area (Å²) in [6.07, 6.45) is 1.53. The average Bonchev–Trinajstić information content (AvgIpc) is 3.34. The van der Waals surface area contributed by atoms with Crippen LogP contribution < -0.4 is 5.32 Å². The molecule has 1 amide bonds. The monoisotopic (exact) mass is 365 g/mol. The first-order valence-corrected chi connectivity index (χ1v) is 8.11. The van der Waals surface area contributed by atoms with E-state index in [-0.39, 0.29) is 5.91 Å². The number of hydrogen-bond donors (Lipinski definition) is 1. The lowest BCUT2D eigenvalue weighted by molar-refractivity contribution is 0.102. The van der Waals surface area contributed by atoms with Crippen molar-refractivity contribution in [2.75, 3.05) is 5.32 Å². The molecule has 4 rings (SSSR count). The molecule has 0 aliphatic heterocycles. The van der Waals surface area contributed by atoms with E-state index < -0.39 is 0 Å². The molecule has 1 N–H and O–H groups in total. The Labute approximate surface area is 153 Å².